The zero-order valence-corrected chi connectivity index (χ0v) is 6.82. The molecule has 1 saturated heterocycles. The molecule has 4 nitrogen and oxygen atoms in total. The molecule has 1 heterocycles. The molecule has 0 spiro atoms. The molecule has 2 aliphatic rings. The molecule has 1 aliphatic heterocycles. The normalized spacial score (nSPS) is 36.3. The number of aliphatic carboxylic acids is 1. The Bertz CT molecular complexity index is 191. The molecule has 68 valence electrons. The molecule has 2 rings (SSSR count). The predicted octanol–water partition coefficient (Wildman–Crippen LogP) is -0.162. The van der Waals surface area contributed by atoms with E-state index in [-0.39, 0.29) is 6.04 Å². The average Bonchev–Trinajstić information content (AvgIpc) is 2.87. The summed E-state index contributed by atoms with van der Waals surface area (Å²) in [6, 6.07) is -0.218. The minimum atomic E-state index is -0.805. The first-order valence-corrected chi connectivity index (χ1v) is 4.34. The second-order valence-electron chi connectivity index (χ2n) is 3.54. The number of hydrogen-bond acceptors (Lipinski definition) is 3. The Labute approximate surface area is 70.9 Å². The van der Waals surface area contributed by atoms with E-state index in [9.17, 15) is 4.79 Å². The van der Waals surface area contributed by atoms with Gasteiger partial charge in [-0.25, -0.2) is 0 Å². The van der Waals surface area contributed by atoms with Crippen molar-refractivity contribution in [2.45, 2.75) is 24.9 Å². The van der Waals surface area contributed by atoms with Crippen LogP contribution in [0.4, 0.5) is 0 Å². The lowest BCUT2D eigenvalue weighted by Gasteiger charge is -2.28. The van der Waals surface area contributed by atoms with Gasteiger partial charge >= 0.3 is 5.97 Å². The van der Waals surface area contributed by atoms with Gasteiger partial charge in [0, 0.05) is 6.04 Å². The fraction of sp³-hybridized carbons (Fsp3) is 0.875. The number of carboxylic acids is 1. The van der Waals surface area contributed by atoms with Crippen molar-refractivity contribution in [3.8, 4) is 0 Å². The maximum Gasteiger partial charge on any atom is 0.323 e. The summed E-state index contributed by atoms with van der Waals surface area (Å²) >= 11 is 0. The fourth-order valence-corrected chi connectivity index (χ4v) is 1.58. The number of rotatable bonds is 2. The zero-order chi connectivity index (χ0) is 8.55. The average molecular weight is 171 g/mol. The number of ether oxygens (including phenoxy) is 1. The first-order valence-electron chi connectivity index (χ1n) is 4.34. The fourth-order valence-electron chi connectivity index (χ4n) is 1.58. The number of morpholine rings is 1. The van der Waals surface area contributed by atoms with E-state index in [1.165, 1.54) is 12.8 Å². The van der Waals surface area contributed by atoms with Crippen LogP contribution in [0.15, 0.2) is 0 Å². The Morgan fingerprint density at radius 3 is 2.75 bits per heavy atom. The molecule has 2 N–H and O–H groups in total. The molecule has 0 aromatic heterocycles. The van der Waals surface area contributed by atoms with Crippen LogP contribution >= 0.6 is 0 Å². The van der Waals surface area contributed by atoms with Crippen LogP contribution in [0.1, 0.15) is 12.8 Å². The molecule has 1 aliphatic carbocycles. The lowest BCUT2D eigenvalue weighted by Crippen LogP contribution is -2.53. The highest BCUT2D eigenvalue weighted by Gasteiger charge is 2.36. The molecular weight excluding hydrogens is 158 g/mol. The summed E-state index contributed by atoms with van der Waals surface area (Å²) in [5.74, 6) is -0.146. The van der Waals surface area contributed by atoms with Gasteiger partial charge in [0.2, 0.25) is 0 Å². The first-order chi connectivity index (χ1) is 5.77. The summed E-state index contributed by atoms with van der Waals surface area (Å²) in [6.45, 7) is 0.979. The highest BCUT2D eigenvalue weighted by atomic mass is 16.5. The molecule has 2 unspecified atom stereocenters. The molecule has 0 amide bonds. The molecule has 0 aromatic rings. The first kappa shape index (κ1) is 8.01. The summed E-state index contributed by atoms with van der Waals surface area (Å²) in [5, 5.41) is 11.8. The Kier molecular flexibility index (Phi) is 2.02. The quantitative estimate of drug-likeness (QED) is 0.606. The molecule has 4 heteroatoms. The zero-order valence-electron chi connectivity index (χ0n) is 6.82. The minimum Gasteiger partial charge on any atom is -0.480 e. The van der Waals surface area contributed by atoms with Crippen LogP contribution in [0.3, 0.4) is 0 Å². The van der Waals surface area contributed by atoms with Crippen molar-refractivity contribution in [3.63, 3.8) is 0 Å². The lowest BCUT2D eigenvalue weighted by molar-refractivity contribution is -0.143. The summed E-state index contributed by atoms with van der Waals surface area (Å²) in [6.07, 6.45) is 2.43. The third-order valence-electron chi connectivity index (χ3n) is 2.49. The smallest absolute Gasteiger partial charge is 0.323 e. The summed E-state index contributed by atoms with van der Waals surface area (Å²) in [7, 11) is 0. The third-order valence-corrected chi connectivity index (χ3v) is 2.49. The van der Waals surface area contributed by atoms with E-state index in [2.05, 4.69) is 5.32 Å². The number of carboxylic acid groups (broad SMARTS) is 1. The standard InChI is InChI=1S/C8H13NO3/c10-8(11)7-4-12-3-6(9-7)5-1-2-5/h5-7,9H,1-4H2,(H,10,11). The Morgan fingerprint density at radius 2 is 2.17 bits per heavy atom. The van der Waals surface area contributed by atoms with Gasteiger partial charge in [-0.3, -0.25) is 10.1 Å². The summed E-state index contributed by atoms with van der Waals surface area (Å²) < 4.78 is 5.21. The Hall–Kier alpha value is -0.610. The van der Waals surface area contributed by atoms with E-state index in [0.717, 1.165) is 0 Å². The van der Waals surface area contributed by atoms with E-state index >= 15 is 0 Å². The van der Waals surface area contributed by atoms with Gasteiger partial charge in [-0.15, -0.1) is 0 Å². The second kappa shape index (κ2) is 3.03. The molecule has 2 fully saturated rings. The van der Waals surface area contributed by atoms with Gasteiger partial charge < -0.3 is 9.84 Å². The molecule has 0 aromatic carbocycles. The molecular formula is C8H13NO3. The number of hydrogen-bond donors (Lipinski definition) is 2. The third kappa shape index (κ3) is 1.59. The van der Waals surface area contributed by atoms with Crippen LogP contribution in [0.2, 0.25) is 0 Å². The molecule has 12 heavy (non-hydrogen) atoms. The maximum atomic E-state index is 10.6. The topological polar surface area (TPSA) is 58.6 Å². The van der Waals surface area contributed by atoms with Gasteiger partial charge in [0.25, 0.3) is 0 Å². The van der Waals surface area contributed by atoms with Crippen LogP contribution < -0.4 is 5.32 Å². The molecule has 1 saturated carbocycles. The van der Waals surface area contributed by atoms with Crippen molar-refractivity contribution in [1.82, 2.24) is 5.32 Å². The Balaban J connectivity index is 1.89. The van der Waals surface area contributed by atoms with Gasteiger partial charge in [0.05, 0.1) is 13.2 Å². The highest BCUT2D eigenvalue weighted by Crippen LogP contribution is 2.33. The van der Waals surface area contributed by atoms with Gasteiger partial charge in [-0.1, -0.05) is 0 Å². The lowest BCUT2D eigenvalue weighted by atomic mass is 10.1. The number of carbonyl (C=O) groups is 1. The van der Waals surface area contributed by atoms with Gasteiger partial charge in [0.15, 0.2) is 0 Å². The van der Waals surface area contributed by atoms with E-state index < -0.39 is 12.0 Å². The highest BCUT2D eigenvalue weighted by molar-refractivity contribution is 5.73. The van der Waals surface area contributed by atoms with E-state index in [1.807, 2.05) is 0 Å². The van der Waals surface area contributed by atoms with Crippen molar-refractivity contribution in [3.05, 3.63) is 0 Å². The molecule has 0 bridgehead atoms. The van der Waals surface area contributed by atoms with Crippen LogP contribution in [0, 0.1) is 5.92 Å². The van der Waals surface area contributed by atoms with Gasteiger partial charge in [0.1, 0.15) is 6.04 Å². The van der Waals surface area contributed by atoms with Crippen molar-refractivity contribution >= 4 is 5.97 Å². The Morgan fingerprint density at radius 1 is 1.42 bits per heavy atom. The van der Waals surface area contributed by atoms with Crippen LogP contribution in [-0.4, -0.2) is 36.4 Å². The van der Waals surface area contributed by atoms with Crippen molar-refractivity contribution in [1.29, 1.82) is 0 Å². The molecule has 2 atom stereocenters. The largest absolute Gasteiger partial charge is 0.480 e. The van der Waals surface area contributed by atoms with Crippen LogP contribution in [0.25, 0.3) is 0 Å². The van der Waals surface area contributed by atoms with E-state index in [4.69, 9.17) is 9.84 Å². The maximum absolute atomic E-state index is 10.6. The van der Waals surface area contributed by atoms with Crippen LogP contribution in [0.5, 0.6) is 0 Å². The molecule has 0 radical (unpaired) electrons. The van der Waals surface area contributed by atoms with Crippen LogP contribution in [-0.2, 0) is 9.53 Å². The van der Waals surface area contributed by atoms with Gasteiger partial charge in [-0.05, 0) is 18.8 Å². The second-order valence-corrected chi connectivity index (χ2v) is 3.54. The summed E-state index contributed by atoms with van der Waals surface area (Å²) in [4.78, 5) is 10.6. The van der Waals surface area contributed by atoms with E-state index in [0.29, 0.717) is 19.1 Å². The minimum absolute atomic E-state index is 0.278. The van der Waals surface area contributed by atoms with Crippen molar-refractivity contribution in [2.75, 3.05) is 13.2 Å². The van der Waals surface area contributed by atoms with Gasteiger partial charge in [-0.2, -0.15) is 0 Å². The van der Waals surface area contributed by atoms with Crippen molar-refractivity contribution < 1.29 is 14.6 Å². The van der Waals surface area contributed by atoms with E-state index in [1.54, 1.807) is 0 Å². The number of nitrogens with one attached hydrogen (secondary N) is 1. The SMILES string of the molecule is O=C(O)C1COCC(C2CC2)N1. The predicted molar refractivity (Wildman–Crippen MR) is 41.9 cm³/mol. The monoisotopic (exact) mass is 171 g/mol. The van der Waals surface area contributed by atoms with Crippen molar-refractivity contribution in [2.24, 2.45) is 5.92 Å². The summed E-state index contributed by atoms with van der Waals surface area (Å²) in [5.41, 5.74) is 0.